The zero-order valence-corrected chi connectivity index (χ0v) is 8.52. The van der Waals surface area contributed by atoms with Gasteiger partial charge in [-0.2, -0.15) is 0 Å². The van der Waals surface area contributed by atoms with E-state index in [4.69, 9.17) is 0 Å². The number of hydrogen-bond donors (Lipinski definition) is 1. The van der Waals surface area contributed by atoms with Gasteiger partial charge in [-0.25, -0.2) is 0 Å². The van der Waals surface area contributed by atoms with Crippen LogP contribution in [0, 0.1) is 5.92 Å². The summed E-state index contributed by atoms with van der Waals surface area (Å²) in [5.74, 6) is 1.00. The third-order valence-corrected chi connectivity index (χ3v) is 3.22. The van der Waals surface area contributed by atoms with Gasteiger partial charge in [-0.15, -0.1) is 5.10 Å². The van der Waals surface area contributed by atoms with Gasteiger partial charge in [0.2, 0.25) is 0 Å². The van der Waals surface area contributed by atoms with Crippen molar-refractivity contribution in [2.75, 3.05) is 6.54 Å². The second-order valence-electron chi connectivity index (χ2n) is 3.66. The lowest BCUT2D eigenvalue weighted by Crippen LogP contribution is -2.21. The number of rotatable bonds is 5. The largest absolute Gasteiger partial charge is 0.311 e. The molecule has 4 heteroatoms. The van der Waals surface area contributed by atoms with E-state index in [0.717, 1.165) is 24.7 Å². The maximum Gasteiger partial charge on any atom is 0.0893 e. The number of nitrogens with one attached hydrogen (secondary N) is 1. The van der Waals surface area contributed by atoms with Crippen molar-refractivity contribution < 1.29 is 0 Å². The highest BCUT2D eigenvalue weighted by molar-refractivity contribution is 7.03. The predicted molar refractivity (Wildman–Crippen MR) is 53.6 cm³/mol. The van der Waals surface area contributed by atoms with Crippen LogP contribution < -0.4 is 5.32 Å². The molecule has 2 rings (SSSR count). The standard InChI is InChI=1S/C9H15N3S/c1-2-8(3-1)4-5-10-6-9-7-13-12-11-9/h7-8,10H,1-6H2. The molecule has 72 valence electrons. The van der Waals surface area contributed by atoms with Gasteiger partial charge in [-0.3, -0.25) is 0 Å². The lowest BCUT2D eigenvalue weighted by Gasteiger charge is -2.25. The lowest BCUT2D eigenvalue weighted by atomic mass is 9.83. The molecule has 1 aliphatic carbocycles. The zero-order valence-electron chi connectivity index (χ0n) is 7.70. The van der Waals surface area contributed by atoms with Gasteiger partial charge >= 0.3 is 0 Å². The van der Waals surface area contributed by atoms with E-state index in [1.165, 1.54) is 37.2 Å². The van der Waals surface area contributed by atoms with Crippen LogP contribution in [0.2, 0.25) is 0 Å². The smallest absolute Gasteiger partial charge is 0.0893 e. The molecule has 3 nitrogen and oxygen atoms in total. The average molecular weight is 197 g/mol. The summed E-state index contributed by atoms with van der Waals surface area (Å²) in [6, 6.07) is 0. The minimum atomic E-state index is 0.878. The van der Waals surface area contributed by atoms with Crippen molar-refractivity contribution in [3.05, 3.63) is 11.1 Å². The molecule has 0 saturated heterocycles. The average Bonchev–Trinajstić information content (AvgIpc) is 2.53. The molecule has 1 aromatic rings. The summed E-state index contributed by atoms with van der Waals surface area (Å²) >= 11 is 1.42. The van der Waals surface area contributed by atoms with Gasteiger partial charge < -0.3 is 5.32 Å². The molecule has 1 N–H and O–H groups in total. The van der Waals surface area contributed by atoms with Gasteiger partial charge in [0, 0.05) is 11.9 Å². The minimum absolute atomic E-state index is 0.878. The van der Waals surface area contributed by atoms with Crippen molar-refractivity contribution in [2.45, 2.75) is 32.2 Å². The van der Waals surface area contributed by atoms with Crippen molar-refractivity contribution in [1.29, 1.82) is 0 Å². The highest BCUT2D eigenvalue weighted by Crippen LogP contribution is 2.28. The predicted octanol–water partition coefficient (Wildman–Crippen LogP) is 1.82. The van der Waals surface area contributed by atoms with Gasteiger partial charge in [0.1, 0.15) is 0 Å². The molecule has 0 aromatic carbocycles. The molecular formula is C9H15N3S. The van der Waals surface area contributed by atoms with E-state index in [-0.39, 0.29) is 0 Å². The van der Waals surface area contributed by atoms with Gasteiger partial charge in [0.25, 0.3) is 0 Å². The van der Waals surface area contributed by atoms with Crippen LogP contribution in [0.15, 0.2) is 5.38 Å². The van der Waals surface area contributed by atoms with E-state index in [1.807, 2.05) is 5.38 Å². The Morgan fingerprint density at radius 3 is 3.08 bits per heavy atom. The summed E-state index contributed by atoms with van der Waals surface area (Å²) in [5.41, 5.74) is 1.07. The summed E-state index contributed by atoms with van der Waals surface area (Å²) < 4.78 is 3.82. The molecule has 13 heavy (non-hydrogen) atoms. The first kappa shape index (κ1) is 9.09. The van der Waals surface area contributed by atoms with E-state index >= 15 is 0 Å². The molecule has 1 aliphatic rings. The normalized spacial score (nSPS) is 17.2. The molecule has 0 aliphatic heterocycles. The maximum atomic E-state index is 3.97. The fraction of sp³-hybridized carbons (Fsp3) is 0.778. The van der Waals surface area contributed by atoms with Crippen LogP contribution in [0.3, 0.4) is 0 Å². The molecule has 0 radical (unpaired) electrons. The number of aromatic nitrogens is 2. The van der Waals surface area contributed by atoms with E-state index < -0.39 is 0 Å². The van der Waals surface area contributed by atoms with Crippen LogP contribution in [-0.4, -0.2) is 16.1 Å². The Labute approximate surface area is 82.7 Å². The molecule has 0 bridgehead atoms. The van der Waals surface area contributed by atoms with Crippen molar-refractivity contribution in [2.24, 2.45) is 5.92 Å². The Balaban J connectivity index is 1.53. The van der Waals surface area contributed by atoms with E-state index in [1.54, 1.807) is 0 Å². The monoisotopic (exact) mass is 197 g/mol. The van der Waals surface area contributed by atoms with Crippen molar-refractivity contribution in [3.63, 3.8) is 0 Å². The summed E-state index contributed by atoms with van der Waals surface area (Å²) in [7, 11) is 0. The summed E-state index contributed by atoms with van der Waals surface area (Å²) in [4.78, 5) is 0. The van der Waals surface area contributed by atoms with Gasteiger partial charge in [-0.1, -0.05) is 23.8 Å². The number of hydrogen-bond acceptors (Lipinski definition) is 4. The first-order valence-electron chi connectivity index (χ1n) is 4.92. The third-order valence-electron chi connectivity index (χ3n) is 2.67. The van der Waals surface area contributed by atoms with E-state index in [2.05, 4.69) is 14.9 Å². The Morgan fingerprint density at radius 1 is 1.54 bits per heavy atom. The minimum Gasteiger partial charge on any atom is -0.311 e. The molecular weight excluding hydrogens is 182 g/mol. The third kappa shape index (κ3) is 2.74. The van der Waals surface area contributed by atoms with E-state index in [0.29, 0.717) is 0 Å². The highest BCUT2D eigenvalue weighted by atomic mass is 32.1. The van der Waals surface area contributed by atoms with Crippen LogP contribution in [0.4, 0.5) is 0 Å². The maximum absolute atomic E-state index is 3.97. The van der Waals surface area contributed by atoms with Crippen molar-refractivity contribution in [3.8, 4) is 0 Å². The Bertz CT molecular complexity index is 231. The Kier molecular flexibility index (Phi) is 3.27. The van der Waals surface area contributed by atoms with Crippen molar-refractivity contribution >= 4 is 11.5 Å². The van der Waals surface area contributed by atoms with Crippen LogP contribution in [-0.2, 0) is 6.54 Å². The lowest BCUT2D eigenvalue weighted by molar-refractivity contribution is 0.292. The van der Waals surface area contributed by atoms with Gasteiger partial charge in [-0.05, 0) is 30.4 Å². The Morgan fingerprint density at radius 2 is 2.46 bits per heavy atom. The second-order valence-corrected chi connectivity index (χ2v) is 4.27. The molecule has 0 amide bonds. The first-order chi connectivity index (χ1) is 6.45. The van der Waals surface area contributed by atoms with Crippen molar-refractivity contribution in [1.82, 2.24) is 14.9 Å². The molecule has 1 heterocycles. The molecule has 1 fully saturated rings. The fourth-order valence-electron chi connectivity index (χ4n) is 1.57. The number of nitrogens with zero attached hydrogens (tertiary/aromatic N) is 2. The van der Waals surface area contributed by atoms with Gasteiger partial charge in [0.15, 0.2) is 0 Å². The molecule has 0 spiro atoms. The SMILES string of the molecule is c1snnc1CNCCC1CCC1. The summed E-state index contributed by atoms with van der Waals surface area (Å²) in [6.07, 6.45) is 5.66. The molecule has 0 atom stereocenters. The molecule has 1 aromatic heterocycles. The topological polar surface area (TPSA) is 37.8 Å². The van der Waals surface area contributed by atoms with Crippen LogP contribution in [0.1, 0.15) is 31.4 Å². The molecule has 0 unspecified atom stereocenters. The van der Waals surface area contributed by atoms with E-state index in [9.17, 15) is 0 Å². The van der Waals surface area contributed by atoms with Crippen LogP contribution in [0.5, 0.6) is 0 Å². The zero-order chi connectivity index (χ0) is 8.93. The quantitative estimate of drug-likeness (QED) is 0.732. The Hall–Kier alpha value is -0.480. The first-order valence-corrected chi connectivity index (χ1v) is 5.75. The molecule has 1 saturated carbocycles. The summed E-state index contributed by atoms with van der Waals surface area (Å²) in [5, 5.41) is 9.36. The second kappa shape index (κ2) is 4.67. The highest BCUT2D eigenvalue weighted by Gasteiger charge is 2.16. The van der Waals surface area contributed by atoms with Crippen LogP contribution >= 0.6 is 11.5 Å². The van der Waals surface area contributed by atoms with Gasteiger partial charge in [0.05, 0.1) is 5.69 Å². The van der Waals surface area contributed by atoms with Crippen LogP contribution in [0.25, 0.3) is 0 Å². The summed E-state index contributed by atoms with van der Waals surface area (Å²) in [6.45, 7) is 2.01. The fourth-order valence-corrected chi connectivity index (χ4v) is 2.02.